The molecule has 54 valence electrons. The van der Waals surface area contributed by atoms with Gasteiger partial charge in [-0.05, 0) is 10.9 Å². The van der Waals surface area contributed by atoms with E-state index in [1.807, 2.05) is 0 Å². The molecule has 0 aliphatic heterocycles. The molecule has 2 rings (SSSR count). The van der Waals surface area contributed by atoms with Crippen molar-refractivity contribution in [3.8, 4) is 0 Å². The van der Waals surface area contributed by atoms with Gasteiger partial charge in [0, 0.05) is 23.6 Å². The second kappa shape index (κ2) is 2.16. The molecule has 0 spiro atoms. The number of hydrogen-bond donors (Lipinski definition) is 0. The first-order valence-corrected chi connectivity index (χ1v) is 3.16. The molecule has 2 aromatic heterocycles. The lowest BCUT2D eigenvalue weighted by Gasteiger charge is -1.94. The molecule has 0 saturated heterocycles. The Labute approximate surface area is 62.7 Å². The average molecular weight is 147 g/mol. The molecule has 0 unspecified atom stereocenters. The van der Waals surface area contributed by atoms with E-state index in [-0.39, 0.29) is 0 Å². The van der Waals surface area contributed by atoms with Crippen molar-refractivity contribution in [3.05, 3.63) is 35.9 Å². The van der Waals surface area contributed by atoms with Crippen molar-refractivity contribution >= 4 is 10.9 Å². The molecular weight excluding hydrogens is 142 g/mol. The van der Waals surface area contributed by atoms with Crippen LogP contribution in [0, 0.1) is 5.21 Å². The summed E-state index contributed by atoms with van der Waals surface area (Å²) in [5, 5.41) is 15.3. The Balaban J connectivity index is 2.91. The lowest BCUT2D eigenvalue weighted by molar-refractivity contribution is -0.642. The minimum atomic E-state index is 0.544. The molecule has 0 bridgehead atoms. The number of fused-ring (bicyclic) bond motifs is 1. The van der Waals surface area contributed by atoms with Crippen LogP contribution in [0.3, 0.4) is 0 Å². The zero-order chi connectivity index (χ0) is 7.68. The maximum atomic E-state index is 11.0. The highest BCUT2D eigenvalue weighted by Gasteiger charge is 2.00. The summed E-state index contributed by atoms with van der Waals surface area (Å²) < 4.78 is 0. The Morgan fingerprint density at radius 2 is 2.18 bits per heavy atom. The zero-order valence-corrected chi connectivity index (χ0v) is 5.64. The van der Waals surface area contributed by atoms with Crippen LogP contribution in [0.25, 0.3) is 10.9 Å². The Bertz CT molecular complexity index is 383. The average Bonchev–Trinajstić information content (AvgIpc) is 2.06. The second-order valence-electron chi connectivity index (χ2n) is 2.14. The largest absolute Gasteiger partial charge is 0.594 e. The fourth-order valence-electron chi connectivity index (χ4n) is 0.938. The Hall–Kier alpha value is -1.71. The highest BCUT2D eigenvalue weighted by atomic mass is 16.5. The molecule has 0 aromatic carbocycles. The molecule has 4 heteroatoms. The SMILES string of the molecule is [O-][n+]1nccc2cnccc21. The summed E-state index contributed by atoms with van der Waals surface area (Å²) >= 11 is 0. The summed E-state index contributed by atoms with van der Waals surface area (Å²) in [5.74, 6) is 0. The Morgan fingerprint density at radius 1 is 1.27 bits per heavy atom. The Kier molecular flexibility index (Phi) is 1.18. The van der Waals surface area contributed by atoms with E-state index in [1.165, 1.54) is 6.20 Å². The lowest BCUT2D eigenvalue weighted by Crippen LogP contribution is -2.31. The van der Waals surface area contributed by atoms with E-state index in [0.29, 0.717) is 10.4 Å². The molecule has 2 aromatic rings. The molecule has 0 amide bonds. The molecule has 2 heterocycles. The van der Waals surface area contributed by atoms with Crippen molar-refractivity contribution < 1.29 is 4.85 Å². The van der Waals surface area contributed by atoms with Crippen molar-refractivity contribution in [2.45, 2.75) is 0 Å². The predicted molar refractivity (Wildman–Crippen MR) is 38.5 cm³/mol. The smallest absolute Gasteiger partial charge is 0.255 e. The van der Waals surface area contributed by atoms with Crippen LogP contribution in [-0.4, -0.2) is 10.1 Å². The van der Waals surface area contributed by atoms with Gasteiger partial charge in [-0.1, -0.05) is 0 Å². The van der Waals surface area contributed by atoms with Crippen LogP contribution in [0.2, 0.25) is 0 Å². The first-order chi connectivity index (χ1) is 5.38. The molecule has 0 aliphatic rings. The van der Waals surface area contributed by atoms with E-state index in [9.17, 15) is 5.21 Å². The third-order valence-electron chi connectivity index (χ3n) is 1.46. The Morgan fingerprint density at radius 3 is 3.00 bits per heavy atom. The van der Waals surface area contributed by atoms with Gasteiger partial charge in [0.1, 0.15) is 0 Å². The summed E-state index contributed by atoms with van der Waals surface area (Å²) in [6, 6.07) is 3.38. The standard InChI is InChI=1S/C7H5N3O/c11-10-7-2-3-8-5-6(7)1-4-9-10/h1-5H. The van der Waals surface area contributed by atoms with Gasteiger partial charge >= 0.3 is 0 Å². The van der Waals surface area contributed by atoms with Gasteiger partial charge in [-0.25, -0.2) is 0 Å². The highest BCUT2D eigenvalue weighted by Crippen LogP contribution is 2.03. The van der Waals surface area contributed by atoms with Gasteiger partial charge in [0.05, 0.1) is 11.6 Å². The quantitative estimate of drug-likeness (QED) is 0.397. The van der Waals surface area contributed by atoms with E-state index in [1.54, 1.807) is 24.5 Å². The first kappa shape index (κ1) is 6.03. The topological polar surface area (TPSA) is 52.7 Å². The molecule has 0 fully saturated rings. The normalized spacial score (nSPS) is 10.2. The molecule has 0 radical (unpaired) electrons. The lowest BCUT2D eigenvalue weighted by atomic mass is 10.3. The van der Waals surface area contributed by atoms with Crippen LogP contribution >= 0.6 is 0 Å². The van der Waals surface area contributed by atoms with Crippen LogP contribution in [0.1, 0.15) is 0 Å². The first-order valence-electron chi connectivity index (χ1n) is 3.16. The summed E-state index contributed by atoms with van der Waals surface area (Å²) in [6.07, 6.45) is 4.65. The maximum Gasteiger partial charge on any atom is 0.255 e. The van der Waals surface area contributed by atoms with Gasteiger partial charge < -0.3 is 5.21 Å². The number of hydrogen-bond acceptors (Lipinski definition) is 3. The third kappa shape index (κ3) is 0.881. The van der Waals surface area contributed by atoms with Gasteiger partial charge in [0.25, 0.3) is 5.52 Å². The van der Waals surface area contributed by atoms with Crippen molar-refractivity contribution in [2.24, 2.45) is 0 Å². The van der Waals surface area contributed by atoms with Crippen molar-refractivity contribution in [3.63, 3.8) is 0 Å². The fraction of sp³-hybridized carbons (Fsp3) is 0. The monoisotopic (exact) mass is 147 g/mol. The molecule has 11 heavy (non-hydrogen) atoms. The minimum Gasteiger partial charge on any atom is -0.594 e. The highest BCUT2D eigenvalue weighted by molar-refractivity contribution is 5.73. The summed E-state index contributed by atoms with van der Waals surface area (Å²) in [7, 11) is 0. The van der Waals surface area contributed by atoms with Crippen LogP contribution in [0.15, 0.2) is 30.7 Å². The van der Waals surface area contributed by atoms with Crippen molar-refractivity contribution in [1.82, 2.24) is 10.1 Å². The number of aromatic nitrogens is 3. The van der Waals surface area contributed by atoms with Gasteiger partial charge in [0.2, 0.25) is 0 Å². The summed E-state index contributed by atoms with van der Waals surface area (Å²) in [6.45, 7) is 0. The molecule has 0 saturated carbocycles. The molecule has 0 aliphatic carbocycles. The zero-order valence-electron chi connectivity index (χ0n) is 5.64. The van der Waals surface area contributed by atoms with E-state index < -0.39 is 0 Å². The second-order valence-corrected chi connectivity index (χ2v) is 2.14. The number of pyridine rings is 1. The van der Waals surface area contributed by atoms with Gasteiger partial charge in [-0.2, -0.15) is 0 Å². The summed E-state index contributed by atoms with van der Waals surface area (Å²) in [4.78, 5) is 4.45. The van der Waals surface area contributed by atoms with Crippen LogP contribution in [0.5, 0.6) is 0 Å². The van der Waals surface area contributed by atoms with E-state index in [0.717, 1.165) is 5.39 Å². The van der Waals surface area contributed by atoms with Crippen molar-refractivity contribution in [1.29, 1.82) is 0 Å². The fourth-order valence-corrected chi connectivity index (χ4v) is 0.938. The van der Waals surface area contributed by atoms with E-state index >= 15 is 0 Å². The third-order valence-corrected chi connectivity index (χ3v) is 1.46. The predicted octanol–water partition coefficient (Wildman–Crippen LogP) is 0.263. The van der Waals surface area contributed by atoms with Crippen LogP contribution in [-0.2, 0) is 0 Å². The van der Waals surface area contributed by atoms with Gasteiger partial charge in [-0.15, -0.1) is 0 Å². The van der Waals surface area contributed by atoms with Crippen LogP contribution < -0.4 is 4.85 Å². The molecule has 0 N–H and O–H groups in total. The summed E-state index contributed by atoms with van der Waals surface area (Å²) in [5.41, 5.74) is 0.544. The van der Waals surface area contributed by atoms with Crippen LogP contribution in [0.4, 0.5) is 0 Å². The van der Waals surface area contributed by atoms with E-state index in [4.69, 9.17) is 0 Å². The molecule has 0 atom stereocenters. The molecular formula is C7H5N3O. The minimum absolute atomic E-state index is 0.544. The van der Waals surface area contributed by atoms with Gasteiger partial charge in [-0.3, -0.25) is 4.98 Å². The number of rotatable bonds is 0. The van der Waals surface area contributed by atoms with Gasteiger partial charge in [0.15, 0.2) is 0 Å². The maximum absolute atomic E-state index is 11.0. The molecule has 4 nitrogen and oxygen atoms in total. The van der Waals surface area contributed by atoms with E-state index in [2.05, 4.69) is 10.1 Å². The number of nitrogens with zero attached hydrogens (tertiary/aromatic N) is 3. The van der Waals surface area contributed by atoms with Crippen molar-refractivity contribution in [2.75, 3.05) is 0 Å².